The maximum Gasteiger partial charge on any atom is 0.119 e. The Kier molecular flexibility index (Phi) is 5.47. The van der Waals surface area contributed by atoms with Crippen molar-refractivity contribution in [3.63, 3.8) is 0 Å². The third kappa shape index (κ3) is 4.08. The van der Waals surface area contributed by atoms with Crippen molar-refractivity contribution in [3.8, 4) is 0 Å². The lowest BCUT2D eigenvalue weighted by Gasteiger charge is -1.99. The van der Waals surface area contributed by atoms with Gasteiger partial charge in [0, 0.05) is 18.6 Å². The van der Waals surface area contributed by atoms with Gasteiger partial charge in [0.05, 0.1) is 16.3 Å². The Morgan fingerprint density at radius 3 is 2.93 bits per heavy atom. The second kappa shape index (κ2) is 6.67. The Hall–Kier alpha value is -0.770. The van der Waals surface area contributed by atoms with E-state index in [4.69, 9.17) is 33.1 Å². The molecule has 0 aromatic heterocycles. The summed E-state index contributed by atoms with van der Waals surface area (Å²) in [5.41, 5.74) is 0.702. The average Bonchev–Trinajstić information content (AvgIpc) is 2.24. The first-order chi connectivity index (χ1) is 7.25. The zero-order valence-corrected chi connectivity index (χ0v) is 9.50. The Labute approximate surface area is 98.3 Å². The van der Waals surface area contributed by atoms with Gasteiger partial charge in [-0.15, -0.1) is 0 Å². The fourth-order valence-electron chi connectivity index (χ4n) is 0.896. The van der Waals surface area contributed by atoms with E-state index in [2.05, 4.69) is 5.16 Å². The van der Waals surface area contributed by atoms with Gasteiger partial charge in [0.1, 0.15) is 6.61 Å². The Morgan fingerprint density at radius 1 is 1.40 bits per heavy atom. The molecule has 0 aliphatic carbocycles. The summed E-state index contributed by atoms with van der Waals surface area (Å²) in [6.07, 6.45) is 2.05. The second-order valence-corrected chi connectivity index (χ2v) is 3.57. The molecule has 0 spiro atoms. The molecule has 0 heterocycles. The Bertz CT molecular complexity index is 342. The van der Waals surface area contributed by atoms with E-state index >= 15 is 0 Å². The maximum atomic E-state index is 8.49. The van der Waals surface area contributed by atoms with Crippen LogP contribution in [0.25, 0.3) is 0 Å². The van der Waals surface area contributed by atoms with Gasteiger partial charge in [-0.05, 0) is 6.07 Å². The van der Waals surface area contributed by atoms with E-state index in [9.17, 15) is 0 Å². The lowest BCUT2D eigenvalue weighted by atomic mass is 10.2. The lowest BCUT2D eigenvalue weighted by molar-refractivity contribution is 0.125. The van der Waals surface area contributed by atoms with Crippen LogP contribution in [0.3, 0.4) is 0 Å². The van der Waals surface area contributed by atoms with Gasteiger partial charge in [0.2, 0.25) is 0 Å². The number of benzene rings is 1. The summed E-state index contributed by atoms with van der Waals surface area (Å²) in [4.78, 5) is 4.88. The monoisotopic (exact) mass is 247 g/mol. The van der Waals surface area contributed by atoms with Gasteiger partial charge in [0.15, 0.2) is 0 Å². The molecule has 0 bridgehead atoms. The minimum Gasteiger partial charge on any atom is -0.396 e. The fourth-order valence-corrected chi connectivity index (χ4v) is 1.25. The number of nitrogens with zero attached hydrogens (tertiary/aromatic N) is 1. The van der Waals surface area contributed by atoms with Crippen LogP contribution in [0.2, 0.25) is 10.0 Å². The molecular weight excluding hydrogens is 237 g/mol. The van der Waals surface area contributed by atoms with E-state index in [1.165, 1.54) is 6.21 Å². The number of rotatable bonds is 5. The topological polar surface area (TPSA) is 41.8 Å². The summed E-state index contributed by atoms with van der Waals surface area (Å²) < 4.78 is 0. The Morgan fingerprint density at radius 2 is 2.20 bits per heavy atom. The zero-order chi connectivity index (χ0) is 11.1. The molecular formula is C10H11Cl2NO2. The molecule has 0 radical (unpaired) electrons. The van der Waals surface area contributed by atoms with Gasteiger partial charge in [-0.1, -0.05) is 40.5 Å². The van der Waals surface area contributed by atoms with Crippen LogP contribution in [0.4, 0.5) is 0 Å². The predicted octanol–water partition coefficient (Wildman–Crippen LogP) is 2.73. The van der Waals surface area contributed by atoms with E-state index in [0.29, 0.717) is 28.6 Å². The molecule has 1 N–H and O–H groups in total. The molecule has 1 aromatic carbocycles. The normalized spacial score (nSPS) is 10.9. The molecule has 3 nitrogen and oxygen atoms in total. The summed E-state index contributed by atoms with van der Waals surface area (Å²) in [5, 5.41) is 13.1. The average molecular weight is 248 g/mol. The van der Waals surface area contributed by atoms with Crippen molar-refractivity contribution in [1.29, 1.82) is 0 Å². The molecule has 1 aromatic rings. The summed E-state index contributed by atoms with van der Waals surface area (Å²) in [6, 6.07) is 5.27. The molecule has 1 rings (SSSR count). The van der Waals surface area contributed by atoms with Gasteiger partial charge >= 0.3 is 0 Å². The van der Waals surface area contributed by atoms with Crippen molar-refractivity contribution in [1.82, 2.24) is 0 Å². The first-order valence-electron chi connectivity index (χ1n) is 4.46. The standard InChI is InChI=1S/C10H11Cl2NO2/c11-9-4-1-3-8(10(9)12)7-13-15-6-2-5-14/h1,3-4,7,14H,2,5-6H2/b13-7+. The summed E-state index contributed by atoms with van der Waals surface area (Å²) in [6.45, 7) is 0.471. The van der Waals surface area contributed by atoms with Crippen molar-refractivity contribution in [2.75, 3.05) is 13.2 Å². The van der Waals surface area contributed by atoms with Gasteiger partial charge < -0.3 is 9.94 Å². The van der Waals surface area contributed by atoms with Crippen LogP contribution in [0.15, 0.2) is 23.4 Å². The van der Waals surface area contributed by atoms with Crippen LogP contribution in [0, 0.1) is 0 Å². The van der Waals surface area contributed by atoms with E-state index in [1.54, 1.807) is 18.2 Å². The van der Waals surface area contributed by atoms with Crippen LogP contribution in [0.1, 0.15) is 12.0 Å². The SMILES string of the molecule is OCCCO/N=C/c1cccc(Cl)c1Cl. The van der Waals surface area contributed by atoms with E-state index in [-0.39, 0.29) is 6.61 Å². The predicted molar refractivity (Wildman–Crippen MR) is 61.7 cm³/mol. The number of hydrogen-bond acceptors (Lipinski definition) is 3. The molecule has 0 saturated carbocycles. The van der Waals surface area contributed by atoms with Gasteiger partial charge in [-0.25, -0.2) is 0 Å². The number of oxime groups is 1. The van der Waals surface area contributed by atoms with E-state index in [0.717, 1.165) is 0 Å². The zero-order valence-electron chi connectivity index (χ0n) is 7.99. The maximum absolute atomic E-state index is 8.49. The number of halogens is 2. The Balaban J connectivity index is 2.53. The van der Waals surface area contributed by atoms with Crippen LogP contribution in [0.5, 0.6) is 0 Å². The molecule has 0 aliphatic heterocycles. The number of hydrogen-bond donors (Lipinski definition) is 1. The number of aliphatic hydroxyl groups excluding tert-OH is 1. The van der Waals surface area contributed by atoms with Crippen LogP contribution in [-0.2, 0) is 4.84 Å². The molecule has 82 valence electrons. The minimum atomic E-state index is 0.0907. The third-order valence-electron chi connectivity index (χ3n) is 1.64. The second-order valence-electron chi connectivity index (χ2n) is 2.79. The quantitative estimate of drug-likeness (QED) is 0.494. The molecule has 0 unspecified atom stereocenters. The fraction of sp³-hybridized carbons (Fsp3) is 0.300. The smallest absolute Gasteiger partial charge is 0.119 e. The molecule has 0 atom stereocenters. The highest BCUT2D eigenvalue weighted by atomic mass is 35.5. The van der Waals surface area contributed by atoms with Crippen molar-refractivity contribution in [3.05, 3.63) is 33.8 Å². The summed E-state index contributed by atoms with van der Waals surface area (Å²) >= 11 is 11.7. The first-order valence-corrected chi connectivity index (χ1v) is 5.21. The van der Waals surface area contributed by atoms with Crippen LogP contribution < -0.4 is 0 Å². The van der Waals surface area contributed by atoms with Crippen LogP contribution in [-0.4, -0.2) is 24.5 Å². The molecule has 0 aliphatic rings. The first kappa shape index (κ1) is 12.3. The summed E-state index contributed by atoms with van der Waals surface area (Å²) in [5.74, 6) is 0. The highest BCUT2D eigenvalue weighted by molar-refractivity contribution is 6.43. The number of aliphatic hydroxyl groups is 1. The van der Waals surface area contributed by atoms with Crippen molar-refractivity contribution < 1.29 is 9.94 Å². The van der Waals surface area contributed by atoms with Crippen molar-refractivity contribution in [2.24, 2.45) is 5.16 Å². The highest BCUT2D eigenvalue weighted by Gasteiger charge is 2.00. The summed E-state index contributed by atoms with van der Waals surface area (Å²) in [7, 11) is 0. The van der Waals surface area contributed by atoms with Crippen LogP contribution >= 0.6 is 23.2 Å². The van der Waals surface area contributed by atoms with Gasteiger partial charge in [0.25, 0.3) is 0 Å². The van der Waals surface area contributed by atoms with E-state index < -0.39 is 0 Å². The third-order valence-corrected chi connectivity index (χ3v) is 2.48. The largest absolute Gasteiger partial charge is 0.396 e. The van der Waals surface area contributed by atoms with Gasteiger partial charge in [-0.3, -0.25) is 0 Å². The van der Waals surface area contributed by atoms with Crippen molar-refractivity contribution in [2.45, 2.75) is 6.42 Å². The molecule has 0 fully saturated rings. The highest BCUT2D eigenvalue weighted by Crippen LogP contribution is 2.24. The molecule has 15 heavy (non-hydrogen) atoms. The van der Waals surface area contributed by atoms with E-state index in [1.807, 2.05) is 0 Å². The molecule has 0 saturated heterocycles. The van der Waals surface area contributed by atoms with Crippen molar-refractivity contribution >= 4 is 29.4 Å². The molecule has 5 heteroatoms. The molecule has 0 amide bonds. The minimum absolute atomic E-state index is 0.0907. The van der Waals surface area contributed by atoms with Gasteiger partial charge in [-0.2, -0.15) is 0 Å². The lowest BCUT2D eigenvalue weighted by Crippen LogP contribution is -1.92.